The summed E-state index contributed by atoms with van der Waals surface area (Å²) in [5.74, 6) is 0. The third-order valence-corrected chi connectivity index (χ3v) is 2.03. The molecule has 0 spiro atoms. The highest BCUT2D eigenvalue weighted by Gasteiger charge is 1.91. The van der Waals surface area contributed by atoms with E-state index in [9.17, 15) is 0 Å². The van der Waals surface area contributed by atoms with E-state index in [-0.39, 0.29) is 0 Å². The van der Waals surface area contributed by atoms with Gasteiger partial charge in [-0.1, -0.05) is 61.9 Å². The van der Waals surface area contributed by atoms with Crippen molar-refractivity contribution in [3.8, 4) is 0 Å². The van der Waals surface area contributed by atoms with Gasteiger partial charge in [0.05, 0.1) is 0 Å². The zero-order chi connectivity index (χ0) is 11.0. The minimum absolute atomic E-state index is 0.946. The maximum atomic E-state index is 3.89. The van der Waals surface area contributed by atoms with Gasteiger partial charge in [0.25, 0.3) is 0 Å². The zero-order valence-electron chi connectivity index (χ0n) is 8.62. The van der Waals surface area contributed by atoms with Gasteiger partial charge in [0.1, 0.15) is 0 Å². The van der Waals surface area contributed by atoms with Gasteiger partial charge in [0, 0.05) is 9.81 Å². The Labute approximate surface area is 91.1 Å². The van der Waals surface area contributed by atoms with E-state index in [1.165, 1.54) is 11.8 Å². The first-order valence-corrected chi connectivity index (χ1v) is 5.06. The molecule has 0 amide bonds. The minimum Gasteiger partial charge on any atom is -0.0991 e. The molecule has 0 saturated carbocycles. The van der Waals surface area contributed by atoms with Gasteiger partial charge >= 0.3 is 0 Å². The van der Waals surface area contributed by atoms with Crippen molar-refractivity contribution in [1.29, 1.82) is 0 Å². The normalized spacial score (nSPS) is 10.6. The molecule has 0 aliphatic rings. The van der Waals surface area contributed by atoms with E-state index in [1.54, 1.807) is 6.08 Å². The monoisotopic (exact) mass is 204 g/mol. The fourth-order valence-electron chi connectivity index (χ4n) is 0.647. The smallest absolute Gasteiger partial charge is 0.00498 e. The lowest BCUT2D eigenvalue weighted by molar-refractivity contribution is 1.56. The standard InChI is InChI=1S/C13H16S/c1-6-7-8-12(4)14-13(5)10-9-11(2)3/h6-10H,1-2,4-5H2,3H3/b8-7-,10-9-. The van der Waals surface area contributed by atoms with Crippen LogP contribution in [0.1, 0.15) is 6.92 Å². The van der Waals surface area contributed by atoms with E-state index < -0.39 is 0 Å². The van der Waals surface area contributed by atoms with Crippen LogP contribution in [0.4, 0.5) is 0 Å². The molecule has 0 aliphatic heterocycles. The molecule has 0 aromatic heterocycles. The van der Waals surface area contributed by atoms with Crippen molar-refractivity contribution in [2.45, 2.75) is 6.92 Å². The van der Waals surface area contributed by atoms with Gasteiger partial charge in [-0.15, -0.1) is 0 Å². The average Bonchev–Trinajstić information content (AvgIpc) is 2.11. The van der Waals surface area contributed by atoms with Crippen LogP contribution in [0, 0.1) is 0 Å². The lowest BCUT2D eigenvalue weighted by Crippen LogP contribution is -1.70. The van der Waals surface area contributed by atoms with E-state index in [1.807, 2.05) is 31.2 Å². The Morgan fingerprint density at radius 1 is 1.00 bits per heavy atom. The number of allylic oxidation sites excluding steroid dienone is 6. The molecule has 74 valence electrons. The first kappa shape index (κ1) is 12.8. The predicted octanol–water partition coefficient (Wildman–Crippen LogP) is 4.62. The molecule has 0 atom stereocenters. The van der Waals surface area contributed by atoms with Crippen LogP contribution in [0.2, 0.25) is 0 Å². The summed E-state index contributed by atoms with van der Waals surface area (Å²) in [7, 11) is 0. The first-order chi connectivity index (χ1) is 6.56. The maximum Gasteiger partial charge on any atom is 0.00498 e. The molecule has 0 nitrogen and oxygen atoms in total. The van der Waals surface area contributed by atoms with Crippen molar-refractivity contribution in [2.75, 3.05) is 0 Å². The molecule has 14 heavy (non-hydrogen) atoms. The van der Waals surface area contributed by atoms with Gasteiger partial charge in [-0.25, -0.2) is 0 Å². The van der Waals surface area contributed by atoms with E-state index in [0.717, 1.165) is 15.4 Å². The molecule has 0 bridgehead atoms. The Hall–Kier alpha value is -1.21. The van der Waals surface area contributed by atoms with Gasteiger partial charge in [0.15, 0.2) is 0 Å². The van der Waals surface area contributed by atoms with Gasteiger partial charge in [0.2, 0.25) is 0 Å². The van der Waals surface area contributed by atoms with Gasteiger partial charge in [-0.3, -0.25) is 0 Å². The van der Waals surface area contributed by atoms with Crippen molar-refractivity contribution >= 4 is 11.8 Å². The molecule has 0 heterocycles. The summed E-state index contributed by atoms with van der Waals surface area (Å²) in [5, 5.41) is 0. The van der Waals surface area contributed by atoms with Gasteiger partial charge in [-0.05, 0) is 19.1 Å². The van der Waals surface area contributed by atoms with Crippen LogP contribution in [-0.4, -0.2) is 0 Å². The largest absolute Gasteiger partial charge is 0.0991 e. The minimum atomic E-state index is 0.946. The Morgan fingerprint density at radius 3 is 2.07 bits per heavy atom. The van der Waals surface area contributed by atoms with Crippen LogP contribution in [0.25, 0.3) is 0 Å². The quantitative estimate of drug-likeness (QED) is 0.569. The summed E-state index contributed by atoms with van der Waals surface area (Å²) >= 11 is 1.53. The summed E-state index contributed by atoms with van der Waals surface area (Å²) in [5.41, 5.74) is 1.01. The SMILES string of the molecule is C=C/C=C\C(=C)SC(=C)/C=C\C(=C)C. The highest BCUT2D eigenvalue weighted by atomic mass is 32.2. The second-order valence-electron chi connectivity index (χ2n) is 2.81. The molecule has 0 saturated heterocycles. The van der Waals surface area contributed by atoms with Crippen molar-refractivity contribution < 1.29 is 0 Å². The number of thioether (sulfide) groups is 1. The third-order valence-electron chi connectivity index (χ3n) is 1.23. The molecule has 0 N–H and O–H groups in total. The van der Waals surface area contributed by atoms with Crippen LogP contribution in [0.5, 0.6) is 0 Å². The Balaban J connectivity index is 4.07. The van der Waals surface area contributed by atoms with Crippen LogP contribution in [0.15, 0.2) is 72.1 Å². The van der Waals surface area contributed by atoms with E-state index >= 15 is 0 Å². The van der Waals surface area contributed by atoms with Crippen molar-refractivity contribution in [2.24, 2.45) is 0 Å². The van der Waals surface area contributed by atoms with Crippen molar-refractivity contribution in [3.63, 3.8) is 0 Å². The van der Waals surface area contributed by atoms with Crippen LogP contribution in [0.3, 0.4) is 0 Å². The topological polar surface area (TPSA) is 0 Å². The summed E-state index contributed by atoms with van der Waals surface area (Å²) < 4.78 is 0. The molecule has 1 heteroatoms. The number of hydrogen-bond donors (Lipinski definition) is 0. The summed E-state index contributed by atoms with van der Waals surface area (Å²) in [4.78, 5) is 1.90. The molecule has 0 unspecified atom stereocenters. The summed E-state index contributed by atoms with van der Waals surface area (Å²) in [6.07, 6.45) is 9.33. The Kier molecular flexibility index (Phi) is 6.59. The van der Waals surface area contributed by atoms with E-state index in [4.69, 9.17) is 0 Å². The molecule has 0 fully saturated rings. The predicted molar refractivity (Wildman–Crippen MR) is 69.2 cm³/mol. The second kappa shape index (κ2) is 7.22. The number of hydrogen-bond acceptors (Lipinski definition) is 1. The average molecular weight is 204 g/mol. The fraction of sp³-hybridized carbons (Fsp3) is 0.0769. The molecular formula is C13H16S. The molecule has 0 rings (SSSR count). The Bertz CT molecular complexity index is 303. The van der Waals surface area contributed by atoms with Gasteiger partial charge < -0.3 is 0 Å². The maximum absolute atomic E-state index is 3.89. The van der Waals surface area contributed by atoms with Gasteiger partial charge in [-0.2, -0.15) is 0 Å². The molecular weight excluding hydrogens is 188 g/mol. The lowest BCUT2D eigenvalue weighted by atomic mass is 10.3. The highest BCUT2D eigenvalue weighted by molar-refractivity contribution is 8.07. The van der Waals surface area contributed by atoms with Crippen LogP contribution in [-0.2, 0) is 0 Å². The van der Waals surface area contributed by atoms with E-state index in [0.29, 0.717) is 0 Å². The van der Waals surface area contributed by atoms with Crippen LogP contribution < -0.4 is 0 Å². The first-order valence-electron chi connectivity index (χ1n) is 4.24. The summed E-state index contributed by atoms with van der Waals surface area (Å²) in [6, 6.07) is 0. The van der Waals surface area contributed by atoms with Crippen LogP contribution >= 0.6 is 11.8 Å². The number of rotatable bonds is 6. The molecule has 0 aliphatic carbocycles. The molecule has 0 radical (unpaired) electrons. The molecule has 0 aromatic rings. The summed E-state index contributed by atoms with van der Waals surface area (Å²) in [6.45, 7) is 17.1. The van der Waals surface area contributed by atoms with Crippen molar-refractivity contribution in [1.82, 2.24) is 0 Å². The zero-order valence-corrected chi connectivity index (χ0v) is 9.44. The highest BCUT2D eigenvalue weighted by Crippen LogP contribution is 2.24. The molecule has 0 aromatic carbocycles. The Morgan fingerprint density at radius 2 is 1.57 bits per heavy atom. The van der Waals surface area contributed by atoms with Crippen molar-refractivity contribution in [3.05, 3.63) is 72.1 Å². The van der Waals surface area contributed by atoms with E-state index in [2.05, 4.69) is 26.3 Å². The fourth-order valence-corrected chi connectivity index (χ4v) is 1.27. The second-order valence-corrected chi connectivity index (χ2v) is 4.06. The lowest BCUT2D eigenvalue weighted by Gasteiger charge is -1.98. The third kappa shape index (κ3) is 7.44.